The summed E-state index contributed by atoms with van der Waals surface area (Å²) in [5.74, 6) is 2.20. The number of rotatable bonds is 1. The lowest BCUT2D eigenvalue weighted by Crippen LogP contribution is -3.00. The van der Waals surface area contributed by atoms with Gasteiger partial charge in [-0.25, -0.2) is 0 Å². The van der Waals surface area contributed by atoms with Gasteiger partial charge in [-0.05, 0) is 19.1 Å². The summed E-state index contributed by atoms with van der Waals surface area (Å²) >= 11 is 0. The Labute approximate surface area is 103 Å². The van der Waals surface area contributed by atoms with E-state index in [9.17, 15) is 0 Å². The average Bonchev–Trinajstić information content (AvgIpc) is 2.56. The molecule has 0 aromatic carbocycles. The molecule has 0 N–H and O–H groups in total. The van der Waals surface area contributed by atoms with Crippen LogP contribution in [0.2, 0.25) is 0 Å². The highest BCUT2D eigenvalue weighted by Crippen LogP contribution is 2.36. The van der Waals surface area contributed by atoms with Gasteiger partial charge < -0.3 is 32.9 Å². The van der Waals surface area contributed by atoms with Crippen molar-refractivity contribution in [2.24, 2.45) is 0 Å². The van der Waals surface area contributed by atoms with Gasteiger partial charge >= 0.3 is 0 Å². The van der Waals surface area contributed by atoms with Crippen molar-refractivity contribution in [1.29, 1.82) is 0 Å². The van der Waals surface area contributed by atoms with Gasteiger partial charge in [0.05, 0.1) is 20.6 Å². The molecule has 14 heavy (non-hydrogen) atoms. The molecule has 1 saturated heterocycles. The first-order valence-corrected chi connectivity index (χ1v) is 4.98. The van der Waals surface area contributed by atoms with Crippen LogP contribution in [0.4, 0.5) is 0 Å². The van der Waals surface area contributed by atoms with Crippen molar-refractivity contribution in [3.63, 3.8) is 0 Å². The Morgan fingerprint density at radius 3 is 2.50 bits per heavy atom. The van der Waals surface area contributed by atoms with Crippen molar-refractivity contribution in [2.75, 3.05) is 20.6 Å². The standard InChI is InChI=1S/C11H18NO.HI/c1-9-6-7-11(13-9)10-5-4-8-12(10,2)3;/h6-7,10H,4-5,8H2,1-3H3;1H/q+1;/p-1/t10-;/m0./s1. The second kappa shape index (κ2) is 4.23. The van der Waals surface area contributed by atoms with E-state index in [0.29, 0.717) is 6.04 Å². The summed E-state index contributed by atoms with van der Waals surface area (Å²) in [6, 6.07) is 4.77. The van der Waals surface area contributed by atoms with Crippen LogP contribution in [-0.4, -0.2) is 25.1 Å². The van der Waals surface area contributed by atoms with E-state index < -0.39 is 0 Å². The summed E-state index contributed by atoms with van der Waals surface area (Å²) in [6.45, 7) is 3.28. The molecule has 2 nitrogen and oxygen atoms in total. The minimum absolute atomic E-state index is 0. The molecule has 0 unspecified atom stereocenters. The maximum absolute atomic E-state index is 5.69. The number of likely N-dealkylation sites (tertiary alicyclic amines) is 1. The minimum Gasteiger partial charge on any atom is -1.00 e. The molecule has 2 heterocycles. The molecule has 2 rings (SSSR count). The number of quaternary nitrogens is 1. The van der Waals surface area contributed by atoms with Gasteiger partial charge in [0.2, 0.25) is 0 Å². The van der Waals surface area contributed by atoms with Gasteiger partial charge in [0.1, 0.15) is 11.8 Å². The molecule has 0 saturated carbocycles. The molecule has 1 aliphatic rings. The molecule has 1 aromatic rings. The Balaban J connectivity index is 0.000000980. The zero-order chi connectivity index (χ0) is 9.47. The quantitative estimate of drug-likeness (QED) is 0.504. The van der Waals surface area contributed by atoms with Crippen molar-refractivity contribution in [1.82, 2.24) is 0 Å². The lowest BCUT2D eigenvalue weighted by atomic mass is 10.1. The maximum atomic E-state index is 5.69. The summed E-state index contributed by atoms with van der Waals surface area (Å²) in [4.78, 5) is 0. The Morgan fingerprint density at radius 2 is 2.07 bits per heavy atom. The van der Waals surface area contributed by atoms with Crippen LogP contribution in [0.1, 0.15) is 30.4 Å². The average molecular weight is 307 g/mol. The molecule has 3 heteroatoms. The zero-order valence-corrected chi connectivity index (χ0v) is 11.2. The monoisotopic (exact) mass is 307 g/mol. The van der Waals surface area contributed by atoms with Crippen molar-refractivity contribution >= 4 is 0 Å². The smallest absolute Gasteiger partial charge is 0.161 e. The van der Waals surface area contributed by atoms with Crippen molar-refractivity contribution in [2.45, 2.75) is 25.8 Å². The first-order valence-electron chi connectivity index (χ1n) is 4.98. The second-order valence-corrected chi connectivity index (χ2v) is 4.61. The third-order valence-electron chi connectivity index (χ3n) is 3.15. The third kappa shape index (κ3) is 2.14. The van der Waals surface area contributed by atoms with E-state index in [2.05, 4.69) is 26.2 Å². The first kappa shape index (κ1) is 12.0. The lowest BCUT2D eigenvalue weighted by molar-refractivity contribution is -0.909. The molecular formula is C11H18INO. The molecule has 0 aliphatic carbocycles. The maximum Gasteiger partial charge on any atom is 0.161 e. The van der Waals surface area contributed by atoms with Crippen LogP contribution in [0.3, 0.4) is 0 Å². The van der Waals surface area contributed by atoms with Gasteiger partial charge in [-0.15, -0.1) is 0 Å². The topological polar surface area (TPSA) is 13.1 Å². The van der Waals surface area contributed by atoms with Gasteiger partial charge in [-0.2, -0.15) is 0 Å². The van der Waals surface area contributed by atoms with Crippen molar-refractivity contribution in [3.05, 3.63) is 23.7 Å². The fourth-order valence-corrected chi connectivity index (χ4v) is 2.32. The predicted octanol–water partition coefficient (Wildman–Crippen LogP) is -0.497. The van der Waals surface area contributed by atoms with Crippen LogP contribution in [0, 0.1) is 6.92 Å². The largest absolute Gasteiger partial charge is 1.00 e. The van der Waals surface area contributed by atoms with E-state index in [4.69, 9.17) is 4.42 Å². The molecule has 0 amide bonds. The molecule has 1 aromatic heterocycles. The number of hydrogen-bond acceptors (Lipinski definition) is 1. The van der Waals surface area contributed by atoms with Gasteiger partial charge in [0.15, 0.2) is 5.76 Å². The van der Waals surface area contributed by atoms with E-state index in [1.165, 1.54) is 25.1 Å². The molecule has 0 spiro atoms. The summed E-state index contributed by atoms with van der Waals surface area (Å²) < 4.78 is 6.76. The summed E-state index contributed by atoms with van der Waals surface area (Å²) in [6.07, 6.45) is 2.58. The SMILES string of the molecule is Cc1ccc([C@@H]2CCC[N+]2(C)C)o1.[I-]. The van der Waals surface area contributed by atoms with E-state index in [0.717, 1.165) is 10.2 Å². The van der Waals surface area contributed by atoms with Crippen LogP contribution < -0.4 is 24.0 Å². The van der Waals surface area contributed by atoms with Gasteiger partial charge in [-0.1, -0.05) is 0 Å². The summed E-state index contributed by atoms with van der Waals surface area (Å²) in [5.41, 5.74) is 0. The lowest BCUT2D eigenvalue weighted by Gasteiger charge is -2.30. The number of nitrogens with zero attached hydrogens (tertiary/aromatic N) is 1. The molecule has 1 fully saturated rings. The molecule has 1 aliphatic heterocycles. The minimum atomic E-state index is 0. The number of halogens is 1. The van der Waals surface area contributed by atoms with Gasteiger partial charge in [0.25, 0.3) is 0 Å². The highest BCUT2D eigenvalue weighted by Gasteiger charge is 2.37. The predicted molar refractivity (Wildman–Crippen MR) is 52.4 cm³/mol. The van der Waals surface area contributed by atoms with E-state index in [-0.39, 0.29) is 24.0 Å². The molecule has 80 valence electrons. The zero-order valence-electron chi connectivity index (χ0n) is 9.09. The fourth-order valence-electron chi connectivity index (χ4n) is 2.32. The molecule has 0 bridgehead atoms. The van der Waals surface area contributed by atoms with E-state index >= 15 is 0 Å². The van der Waals surface area contributed by atoms with Crippen LogP contribution in [0.5, 0.6) is 0 Å². The molecule has 0 radical (unpaired) electrons. The number of aryl methyl sites for hydroxylation is 1. The van der Waals surface area contributed by atoms with E-state index in [1.807, 2.05) is 6.92 Å². The first-order chi connectivity index (χ1) is 6.09. The number of hydrogen-bond donors (Lipinski definition) is 0. The molecular weight excluding hydrogens is 289 g/mol. The summed E-state index contributed by atoms with van der Waals surface area (Å²) in [7, 11) is 4.57. The van der Waals surface area contributed by atoms with Crippen LogP contribution in [-0.2, 0) is 0 Å². The Morgan fingerprint density at radius 1 is 1.36 bits per heavy atom. The Kier molecular flexibility index (Phi) is 3.63. The normalized spacial score (nSPS) is 24.6. The van der Waals surface area contributed by atoms with Crippen LogP contribution >= 0.6 is 0 Å². The van der Waals surface area contributed by atoms with Crippen molar-refractivity contribution in [3.8, 4) is 0 Å². The highest BCUT2D eigenvalue weighted by molar-refractivity contribution is 5.08. The van der Waals surface area contributed by atoms with Crippen molar-refractivity contribution < 1.29 is 32.9 Å². The molecule has 1 atom stereocenters. The highest BCUT2D eigenvalue weighted by atomic mass is 127. The van der Waals surface area contributed by atoms with Gasteiger partial charge in [-0.3, -0.25) is 0 Å². The summed E-state index contributed by atoms with van der Waals surface area (Å²) in [5, 5.41) is 0. The van der Waals surface area contributed by atoms with Gasteiger partial charge in [0, 0.05) is 12.8 Å². The second-order valence-electron chi connectivity index (χ2n) is 4.61. The van der Waals surface area contributed by atoms with Crippen LogP contribution in [0.15, 0.2) is 16.5 Å². The number of furan rings is 1. The Bertz CT molecular complexity index is 306. The fraction of sp³-hybridized carbons (Fsp3) is 0.636. The Hall–Kier alpha value is -0.0300. The van der Waals surface area contributed by atoms with E-state index in [1.54, 1.807) is 0 Å². The third-order valence-corrected chi connectivity index (χ3v) is 3.15. The van der Waals surface area contributed by atoms with Crippen LogP contribution in [0.25, 0.3) is 0 Å².